The molecule has 0 N–H and O–H groups in total. The average Bonchev–Trinajstić information content (AvgIpc) is 2.51. The Kier molecular flexibility index (Phi) is 2.65. The highest BCUT2D eigenvalue weighted by molar-refractivity contribution is 5.91. The third-order valence-corrected chi connectivity index (χ3v) is 1.49. The lowest BCUT2D eigenvalue weighted by molar-refractivity contribution is 0.0771. The van der Waals surface area contributed by atoms with Gasteiger partial charge < -0.3 is 9.42 Å². The van der Waals surface area contributed by atoms with E-state index in [0.29, 0.717) is 5.69 Å². The fourth-order valence-corrected chi connectivity index (χ4v) is 0.830. The van der Waals surface area contributed by atoms with Crippen molar-refractivity contribution in [1.82, 2.24) is 10.1 Å². The van der Waals surface area contributed by atoms with Crippen molar-refractivity contribution in [1.29, 1.82) is 5.26 Å². The zero-order valence-corrected chi connectivity index (χ0v) is 7.44. The van der Waals surface area contributed by atoms with Crippen LogP contribution in [0, 0.1) is 18.3 Å². The molecule has 0 aliphatic heterocycles. The Balaban J connectivity index is 2.74. The highest BCUT2D eigenvalue weighted by Crippen LogP contribution is 2.04. The van der Waals surface area contributed by atoms with E-state index in [1.165, 1.54) is 18.0 Å². The number of aromatic nitrogens is 1. The highest BCUT2D eigenvalue weighted by atomic mass is 16.5. The summed E-state index contributed by atoms with van der Waals surface area (Å²) in [4.78, 5) is 12.7. The van der Waals surface area contributed by atoms with Crippen molar-refractivity contribution in [3.8, 4) is 6.07 Å². The summed E-state index contributed by atoms with van der Waals surface area (Å²) in [5, 5.41) is 11.9. The summed E-state index contributed by atoms with van der Waals surface area (Å²) in [6, 6.07) is 3.41. The van der Waals surface area contributed by atoms with Gasteiger partial charge in [-0.3, -0.25) is 4.79 Å². The molecule has 1 aromatic heterocycles. The molecule has 0 atom stereocenters. The van der Waals surface area contributed by atoms with Gasteiger partial charge in [-0.25, -0.2) is 0 Å². The maximum atomic E-state index is 11.4. The average molecular weight is 179 g/mol. The SMILES string of the molecule is Cc1cc(C(=O)N(C)CC#N)on1. The second-order valence-corrected chi connectivity index (χ2v) is 2.65. The molecule has 0 spiro atoms. The lowest BCUT2D eigenvalue weighted by Gasteiger charge is -2.09. The maximum Gasteiger partial charge on any atom is 0.293 e. The van der Waals surface area contributed by atoms with E-state index in [9.17, 15) is 4.79 Å². The molecule has 68 valence electrons. The van der Waals surface area contributed by atoms with Crippen LogP contribution in [0.5, 0.6) is 0 Å². The Morgan fingerprint density at radius 2 is 2.54 bits per heavy atom. The molecule has 0 aliphatic carbocycles. The molecule has 1 heterocycles. The van der Waals surface area contributed by atoms with Crippen molar-refractivity contribution < 1.29 is 9.32 Å². The van der Waals surface area contributed by atoms with Crippen molar-refractivity contribution in [3.05, 3.63) is 17.5 Å². The third kappa shape index (κ3) is 2.06. The first-order valence-electron chi connectivity index (χ1n) is 3.71. The lowest BCUT2D eigenvalue weighted by atomic mass is 10.3. The van der Waals surface area contributed by atoms with Crippen LogP contribution in [0.15, 0.2) is 10.6 Å². The van der Waals surface area contributed by atoms with Gasteiger partial charge in [0.05, 0.1) is 11.8 Å². The fourth-order valence-electron chi connectivity index (χ4n) is 0.830. The van der Waals surface area contributed by atoms with E-state index in [2.05, 4.69) is 5.16 Å². The number of carbonyl (C=O) groups excluding carboxylic acids is 1. The van der Waals surface area contributed by atoms with Crippen LogP contribution in [-0.4, -0.2) is 29.6 Å². The molecule has 0 bridgehead atoms. The van der Waals surface area contributed by atoms with Crippen LogP contribution in [-0.2, 0) is 0 Å². The molecule has 0 aliphatic rings. The summed E-state index contributed by atoms with van der Waals surface area (Å²) in [5.74, 6) is -0.169. The maximum absolute atomic E-state index is 11.4. The van der Waals surface area contributed by atoms with E-state index in [1.54, 1.807) is 6.92 Å². The van der Waals surface area contributed by atoms with Crippen LogP contribution in [0.25, 0.3) is 0 Å². The number of aryl methyl sites for hydroxylation is 1. The van der Waals surface area contributed by atoms with E-state index in [0.717, 1.165) is 0 Å². The molecule has 0 saturated heterocycles. The monoisotopic (exact) mass is 179 g/mol. The van der Waals surface area contributed by atoms with E-state index < -0.39 is 0 Å². The van der Waals surface area contributed by atoms with Crippen molar-refractivity contribution in [2.45, 2.75) is 6.92 Å². The number of nitrogens with zero attached hydrogens (tertiary/aromatic N) is 3. The second-order valence-electron chi connectivity index (χ2n) is 2.65. The van der Waals surface area contributed by atoms with Crippen LogP contribution < -0.4 is 0 Å². The van der Waals surface area contributed by atoms with Gasteiger partial charge in [-0.15, -0.1) is 0 Å². The Morgan fingerprint density at radius 1 is 1.85 bits per heavy atom. The molecule has 1 amide bonds. The Bertz CT molecular complexity index is 351. The predicted molar refractivity (Wildman–Crippen MR) is 43.8 cm³/mol. The largest absolute Gasteiger partial charge is 0.351 e. The Hall–Kier alpha value is -1.83. The normalized spacial score (nSPS) is 9.31. The molecular weight excluding hydrogens is 170 g/mol. The molecule has 0 radical (unpaired) electrons. The highest BCUT2D eigenvalue weighted by Gasteiger charge is 2.15. The summed E-state index contributed by atoms with van der Waals surface area (Å²) >= 11 is 0. The predicted octanol–water partition coefficient (Wildman–Crippen LogP) is 0.579. The summed E-state index contributed by atoms with van der Waals surface area (Å²) in [7, 11) is 1.53. The number of hydrogen-bond acceptors (Lipinski definition) is 4. The van der Waals surface area contributed by atoms with Crippen LogP contribution in [0.3, 0.4) is 0 Å². The third-order valence-electron chi connectivity index (χ3n) is 1.49. The van der Waals surface area contributed by atoms with Crippen molar-refractivity contribution >= 4 is 5.91 Å². The first-order valence-corrected chi connectivity index (χ1v) is 3.71. The summed E-state index contributed by atoms with van der Waals surface area (Å²) < 4.78 is 4.74. The van der Waals surface area contributed by atoms with Gasteiger partial charge in [0.1, 0.15) is 6.54 Å². The van der Waals surface area contributed by atoms with Gasteiger partial charge in [0.2, 0.25) is 5.76 Å². The fraction of sp³-hybridized carbons (Fsp3) is 0.375. The molecule has 0 aromatic carbocycles. The lowest BCUT2D eigenvalue weighted by Crippen LogP contribution is -2.26. The first kappa shape index (κ1) is 9.26. The Morgan fingerprint density at radius 3 is 3.00 bits per heavy atom. The summed E-state index contributed by atoms with van der Waals surface area (Å²) in [6.45, 7) is 1.77. The molecule has 13 heavy (non-hydrogen) atoms. The van der Waals surface area contributed by atoms with Gasteiger partial charge in [0.15, 0.2) is 0 Å². The number of hydrogen-bond donors (Lipinski definition) is 0. The standard InChI is InChI=1S/C8H9N3O2/c1-6-5-7(13-10-6)8(12)11(2)4-3-9/h5H,4H2,1-2H3. The quantitative estimate of drug-likeness (QED) is 0.622. The number of carbonyl (C=O) groups is 1. The van der Waals surface area contributed by atoms with Crippen LogP contribution in [0.4, 0.5) is 0 Å². The molecular formula is C8H9N3O2. The Labute approximate surface area is 75.5 Å². The van der Waals surface area contributed by atoms with E-state index in [1.807, 2.05) is 6.07 Å². The molecule has 5 heteroatoms. The molecule has 1 aromatic rings. The van der Waals surface area contributed by atoms with Crippen molar-refractivity contribution in [3.63, 3.8) is 0 Å². The van der Waals surface area contributed by atoms with Gasteiger partial charge >= 0.3 is 0 Å². The summed E-state index contributed by atoms with van der Waals surface area (Å²) in [6.07, 6.45) is 0. The van der Waals surface area contributed by atoms with Crippen LogP contribution >= 0.6 is 0 Å². The second kappa shape index (κ2) is 3.72. The van der Waals surface area contributed by atoms with Gasteiger partial charge in [-0.2, -0.15) is 5.26 Å². The zero-order chi connectivity index (χ0) is 9.84. The minimum atomic E-state index is -0.331. The topological polar surface area (TPSA) is 70.1 Å². The molecule has 0 unspecified atom stereocenters. The minimum Gasteiger partial charge on any atom is -0.351 e. The van der Waals surface area contributed by atoms with E-state index in [4.69, 9.17) is 9.78 Å². The van der Waals surface area contributed by atoms with Crippen LogP contribution in [0.1, 0.15) is 16.2 Å². The number of amides is 1. The molecule has 0 fully saturated rings. The number of nitriles is 1. The van der Waals surface area contributed by atoms with Gasteiger partial charge in [-0.1, -0.05) is 5.16 Å². The van der Waals surface area contributed by atoms with Gasteiger partial charge in [-0.05, 0) is 6.92 Å². The van der Waals surface area contributed by atoms with E-state index in [-0.39, 0.29) is 18.2 Å². The van der Waals surface area contributed by atoms with Crippen LogP contribution in [0.2, 0.25) is 0 Å². The smallest absolute Gasteiger partial charge is 0.293 e. The van der Waals surface area contributed by atoms with Crippen molar-refractivity contribution in [2.24, 2.45) is 0 Å². The summed E-state index contributed by atoms with van der Waals surface area (Å²) in [5.41, 5.74) is 0.647. The minimum absolute atomic E-state index is 0.0403. The van der Waals surface area contributed by atoms with E-state index >= 15 is 0 Å². The molecule has 0 saturated carbocycles. The van der Waals surface area contributed by atoms with Crippen molar-refractivity contribution in [2.75, 3.05) is 13.6 Å². The van der Waals surface area contributed by atoms with Gasteiger partial charge in [0, 0.05) is 13.1 Å². The number of rotatable bonds is 2. The zero-order valence-electron chi connectivity index (χ0n) is 7.44. The molecule has 1 rings (SSSR count). The van der Waals surface area contributed by atoms with Gasteiger partial charge in [0.25, 0.3) is 5.91 Å². The molecule has 5 nitrogen and oxygen atoms in total. The first-order chi connectivity index (χ1) is 6.15.